The number of nitrogens with zero attached hydrogens (tertiary/aromatic N) is 2. The van der Waals surface area contributed by atoms with Crippen molar-refractivity contribution in [3.05, 3.63) is 107 Å². The summed E-state index contributed by atoms with van der Waals surface area (Å²) in [5.74, 6) is 0.817. The summed E-state index contributed by atoms with van der Waals surface area (Å²) < 4.78 is 8.78. The molecule has 158 valence electrons. The molecular formula is C26H21N3OS2. The molecule has 0 amide bonds. The standard InChI is InChI=1S/C26H21N3OS2/c31-26-27-16-24(32-26)15-21-17-29(22-11-5-2-6-12-22)28-25(21)20-10-7-13-23(14-20)30-18-19-8-3-1-4-9-19/h1-15,17H,16,18H2,(H,27,31)/b24-15-. The molecule has 0 unspecified atom stereocenters. The van der Waals surface area contributed by atoms with E-state index in [4.69, 9.17) is 22.1 Å². The molecule has 2 heterocycles. The Balaban J connectivity index is 1.49. The SMILES string of the molecule is S=C1NC/C(=C/c2cn(-c3ccccc3)nc2-c2cccc(OCc3ccccc3)c2)S1. The van der Waals surface area contributed by atoms with Crippen LogP contribution in [0.1, 0.15) is 11.1 Å². The summed E-state index contributed by atoms with van der Waals surface area (Å²) in [7, 11) is 0. The highest BCUT2D eigenvalue weighted by Gasteiger charge is 2.16. The van der Waals surface area contributed by atoms with Crippen LogP contribution in [0.2, 0.25) is 0 Å². The molecule has 3 aromatic carbocycles. The molecular weight excluding hydrogens is 434 g/mol. The second-order valence-corrected chi connectivity index (χ2v) is 9.17. The number of benzene rings is 3. The number of para-hydroxylation sites is 1. The molecule has 4 aromatic rings. The largest absolute Gasteiger partial charge is 0.489 e. The Morgan fingerprint density at radius 3 is 2.53 bits per heavy atom. The number of thioether (sulfide) groups is 1. The van der Waals surface area contributed by atoms with E-state index in [2.05, 4.69) is 35.8 Å². The second kappa shape index (κ2) is 9.42. The first kappa shape index (κ1) is 20.5. The molecule has 4 nitrogen and oxygen atoms in total. The van der Waals surface area contributed by atoms with Gasteiger partial charge in [0.15, 0.2) is 0 Å². The third-order valence-corrected chi connectivity index (χ3v) is 6.31. The monoisotopic (exact) mass is 455 g/mol. The van der Waals surface area contributed by atoms with Crippen LogP contribution in [0.25, 0.3) is 23.0 Å². The van der Waals surface area contributed by atoms with E-state index < -0.39 is 0 Å². The molecule has 5 rings (SSSR count). The fourth-order valence-corrected chi connectivity index (χ4v) is 4.61. The topological polar surface area (TPSA) is 39.1 Å². The van der Waals surface area contributed by atoms with Crippen molar-refractivity contribution in [3.8, 4) is 22.7 Å². The molecule has 1 aliphatic rings. The zero-order valence-corrected chi connectivity index (χ0v) is 18.9. The molecule has 0 atom stereocenters. The molecule has 1 saturated heterocycles. The number of hydrogen-bond donors (Lipinski definition) is 1. The third kappa shape index (κ3) is 4.77. The lowest BCUT2D eigenvalue weighted by molar-refractivity contribution is 0.306. The Labute approximate surface area is 196 Å². The minimum atomic E-state index is 0.527. The van der Waals surface area contributed by atoms with Crippen LogP contribution in [-0.4, -0.2) is 20.6 Å². The quantitative estimate of drug-likeness (QED) is 0.357. The summed E-state index contributed by atoms with van der Waals surface area (Å²) in [6.07, 6.45) is 4.23. The van der Waals surface area contributed by atoms with Crippen LogP contribution in [-0.2, 0) is 6.61 Å². The smallest absolute Gasteiger partial charge is 0.138 e. The van der Waals surface area contributed by atoms with Crippen molar-refractivity contribution in [1.82, 2.24) is 15.1 Å². The Bertz CT molecular complexity index is 1270. The van der Waals surface area contributed by atoms with Crippen molar-refractivity contribution in [1.29, 1.82) is 0 Å². The highest BCUT2D eigenvalue weighted by Crippen LogP contribution is 2.31. The lowest BCUT2D eigenvalue weighted by Crippen LogP contribution is -2.09. The molecule has 0 spiro atoms. The van der Waals surface area contributed by atoms with E-state index in [-0.39, 0.29) is 0 Å². The van der Waals surface area contributed by atoms with Gasteiger partial charge in [-0.15, -0.1) is 0 Å². The molecule has 1 aliphatic heterocycles. The van der Waals surface area contributed by atoms with Gasteiger partial charge < -0.3 is 10.1 Å². The van der Waals surface area contributed by atoms with Gasteiger partial charge in [-0.1, -0.05) is 84.6 Å². The first-order valence-electron chi connectivity index (χ1n) is 10.3. The number of aromatic nitrogens is 2. The van der Waals surface area contributed by atoms with Crippen molar-refractivity contribution < 1.29 is 4.74 Å². The van der Waals surface area contributed by atoms with Crippen LogP contribution < -0.4 is 10.1 Å². The maximum Gasteiger partial charge on any atom is 0.138 e. The molecule has 6 heteroatoms. The highest BCUT2D eigenvalue weighted by molar-refractivity contribution is 8.26. The average molecular weight is 456 g/mol. The molecule has 0 bridgehead atoms. The first-order valence-corrected chi connectivity index (χ1v) is 11.6. The van der Waals surface area contributed by atoms with Crippen LogP contribution >= 0.6 is 24.0 Å². The maximum absolute atomic E-state index is 6.05. The van der Waals surface area contributed by atoms with Crippen LogP contribution in [0.15, 0.2) is 96.0 Å². The van der Waals surface area contributed by atoms with Gasteiger partial charge in [-0.25, -0.2) is 4.68 Å². The van der Waals surface area contributed by atoms with Gasteiger partial charge in [-0.05, 0) is 35.9 Å². The van der Waals surface area contributed by atoms with Crippen LogP contribution in [0, 0.1) is 0 Å². The number of nitrogens with one attached hydrogen (secondary N) is 1. The number of hydrogen-bond acceptors (Lipinski definition) is 4. The van der Waals surface area contributed by atoms with Crippen molar-refractivity contribution in [2.24, 2.45) is 0 Å². The summed E-state index contributed by atoms with van der Waals surface area (Å²) in [5.41, 5.74) is 5.12. The van der Waals surface area contributed by atoms with E-state index in [1.807, 2.05) is 71.4 Å². The lowest BCUT2D eigenvalue weighted by atomic mass is 10.1. The molecule has 0 aliphatic carbocycles. The van der Waals surface area contributed by atoms with Crippen molar-refractivity contribution in [2.45, 2.75) is 6.61 Å². The summed E-state index contributed by atoms with van der Waals surface area (Å²) in [6.45, 7) is 1.28. The molecule has 0 radical (unpaired) electrons. The minimum absolute atomic E-state index is 0.527. The van der Waals surface area contributed by atoms with E-state index in [0.29, 0.717) is 6.61 Å². The van der Waals surface area contributed by atoms with E-state index in [1.165, 1.54) is 4.91 Å². The fourth-order valence-electron chi connectivity index (χ4n) is 3.51. The lowest BCUT2D eigenvalue weighted by Gasteiger charge is -2.08. The van der Waals surface area contributed by atoms with Gasteiger partial charge in [0.25, 0.3) is 0 Å². The Morgan fingerprint density at radius 2 is 1.78 bits per heavy atom. The number of rotatable bonds is 6. The Kier molecular flexibility index (Phi) is 6.05. The minimum Gasteiger partial charge on any atom is -0.489 e. The maximum atomic E-state index is 6.05. The Hall–Kier alpha value is -3.35. The molecule has 1 aromatic heterocycles. The molecule has 1 fully saturated rings. The average Bonchev–Trinajstić information content (AvgIpc) is 3.45. The fraction of sp³-hybridized carbons (Fsp3) is 0.0769. The van der Waals surface area contributed by atoms with E-state index in [9.17, 15) is 0 Å². The van der Waals surface area contributed by atoms with Gasteiger partial charge in [0.2, 0.25) is 0 Å². The molecule has 32 heavy (non-hydrogen) atoms. The van der Waals surface area contributed by atoms with Crippen molar-refractivity contribution in [3.63, 3.8) is 0 Å². The molecule has 0 saturated carbocycles. The van der Waals surface area contributed by atoms with Crippen LogP contribution in [0.5, 0.6) is 5.75 Å². The van der Waals surface area contributed by atoms with Crippen LogP contribution in [0.4, 0.5) is 0 Å². The van der Waals surface area contributed by atoms with Gasteiger partial charge in [-0.2, -0.15) is 5.10 Å². The van der Waals surface area contributed by atoms with Gasteiger partial charge >= 0.3 is 0 Å². The predicted molar refractivity (Wildman–Crippen MR) is 136 cm³/mol. The van der Waals surface area contributed by atoms with Gasteiger partial charge in [-0.3, -0.25) is 0 Å². The predicted octanol–water partition coefficient (Wildman–Crippen LogP) is 6.08. The van der Waals surface area contributed by atoms with E-state index >= 15 is 0 Å². The van der Waals surface area contributed by atoms with Crippen LogP contribution in [0.3, 0.4) is 0 Å². The first-order chi connectivity index (χ1) is 15.7. The zero-order valence-electron chi connectivity index (χ0n) is 17.3. The summed E-state index contributed by atoms with van der Waals surface area (Å²) in [5, 5.41) is 8.13. The van der Waals surface area contributed by atoms with Crippen molar-refractivity contribution >= 4 is 34.4 Å². The zero-order chi connectivity index (χ0) is 21.8. The summed E-state index contributed by atoms with van der Waals surface area (Å²) in [6, 6.07) is 28.4. The summed E-state index contributed by atoms with van der Waals surface area (Å²) in [4.78, 5) is 1.18. The second-order valence-electron chi connectivity index (χ2n) is 7.37. The highest BCUT2D eigenvalue weighted by atomic mass is 32.2. The number of ether oxygens (including phenoxy) is 1. The normalized spacial score (nSPS) is 14.5. The van der Waals surface area contributed by atoms with E-state index in [0.717, 1.165) is 44.7 Å². The van der Waals surface area contributed by atoms with Gasteiger partial charge in [0.1, 0.15) is 22.4 Å². The molecule has 1 N–H and O–H groups in total. The van der Waals surface area contributed by atoms with E-state index in [1.54, 1.807) is 11.8 Å². The van der Waals surface area contributed by atoms with Crippen molar-refractivity contribution in [2.75, 3.05) is 6.54 Å². The number of thiocarbonyl (C=S) groups is 1. The van der Waals surface area contributed by atoms with Gasteiger partial charge in [0, 0.05) is 28.8 Å². The third-order valence-electron chi connectivity index (χ3n) is 5.07. The Morgan fingerprint density at radius 1 is 1.00 bits per heavy atom. The van der Waals surface area contributed by atoms with Gasteiger partial charge in [0.05, 0.1) is 5.69 Å². The summed E-state index contributed by atoms with van der Waals surface area (Å²) >= 11 is 6.88.